The van der Waals surface area contributed by atoms with Crippen LogP contribution in [0.1, 0.15) is 37.1 Å². The maximum atomic E-state index is 6.07. The van der Waals surface area contributed by atoms with Crippen molar-refractivity contribution in [3.63, 3.8) is 0 Å². The van der Waals surface area contributed by atoms with Crippen LogP contribution in [0, 0.1) is 6.92 Å². The molecule has 1 aromatic heterocycles. The van der Waals surface area contributed by atoms with Crippen LogP contribution in [0.4, 0.5) is 0 Å². The molecule has 0 saturated carbocycles. The first-order chi connectivity index (χ1) is 12.3. The largest absolute Gasteiger partial charge is 0.376 e. The zero-order chi connectivity index (χ0) is 17.1. The molecule has 5 nitrogen and oxygen atoms in total. The highest BCUT2D eigenvalue weighted by atomic mass is 16.5. The van der Waals surface area contributed by atoms with E-state index in [1.165, 1.54) is 6.42 Å². The Bertz CT molecular complexity index is 707. The Labute approximate surface area is 149 Å². The lowest BCUT2D eigenvalue weighted by Gasteiger charge is -2.32. The molecule has 2 aliphatic rings. The van der Waals surface area contributed by atoms with Crippen LogP contribution < -0.4 is 0 Å². The highest BCUT2D eigenvalue weighted by Gasteiger charge is 2.23. The fourth-order valence-electron chi connectivity index (χ4n) is 3.74. The lowest BCUT2D eigenvalue weighted by Crippen LogP contribution is -2.37. The molecule has 0 bridgehead atoms. The van der Waals surface area contributed by atoms with Crippen molar-refractivity contribution in [3.8, 4) is 0 Å². The Morgan fingerprint density at radius 3 is 2.60 bits per heavy atom. The van der Waals surface area contributed by atoms with E-state index in [9.17, 15) is 0 Å². The van der Waals surface area contributed by atoms with E-state index in [4.69, 9.17) is 19.4 Å². The van der Waals surface area contributed by atoms with Crippen molar-refractivity contribution in [1.82, 2.24) is 14.9 Å². The van der Waals surface area contributed by atoms with Crippen molar-refractivity contribution in [2.24, 2.45) is 0 Å². The fourth-order valence-corrected chi connectivity index (χ4v) is 3.74. The molecule has 2 saturated heterocycles. The molecule has 134 valence electrons. The van der Waals surface area contributed by atoms with Gasteiger partial charge in [-0.3, -0.25) is 4.90 Å². The number of ether oxygens (including phenoxy) is 2. The van der Waals surface area contributed by atoms with Crippen molar-refractivity contribution in [1.29, 1.82) is 0 Å². The van der Waals surface area contributed by atoms with Gasteiger partial charge in [-0.25, -0.2) is 9.97 Å². The first-order valence-corrected chi connectivity index (χ1v) is 9.46. The molecule has 0 radical (unpaired) electrons. The molecular weight excluding hydrogens is 314 g/mol. The van der Waals surface area contributed by atoms with E-state index in [2.05, 4.69) is 11.8 Å². The molecular formula is C20H27N3O2. The van der Waals surface area contributed by atoms with E-state index in [1.54, 1.807) is 0 Å². The number of rotatable bonds is 5. The molecule has 0 N–H and O–H groups in total. The minimum atomic E-state index is 0.327. The van der Waals surface area contributed by atoms with Gasteiger partial charge in [0.2, 0.25) is 0 Å². The molecule has 25 heavy (non-hydrogen) atoms. The Kier molecular flexibility index (Phi) is 5.25. The smallest absolute Gasteiger partial charge is 0.0890 e. The summed E-state index contributed by atoms with van der Waals surface area (Å²) in [4.78, 5) is 12.0. The number of likely N-dealkylation sites (tertiary alicyclic amines) is 1. The summed E-state index contributed by atoms with van der Waals surface area (Å²) >= 11 is 0. The van der Waals surface area contributed by atoms with Gasteiger partial charge >= 0.3 is 0 Å². The topological polar surface area (TPSA) is 47.5 Å². The quantitative estimate of drug-likeness (QED) is 0.836. The summed E-state index contributed by atoms with van der Waals surface area (Å²) in [7, 11) is 0. The first kappa shape index (κ1) is 16.9. The standard InChI is InChI=1S/C20H27N3O2/c1-15-20(22-19-7-3-2-6-18(19)21-15)13-23-10-8-16(9-11-23)25-14-17-5-4-12-24-17/h2-3,6-7,16-17H,4-5,8-14H2,1H3. The molecule has 2 fully saturated rings. The minimum Gasteiger partial charge on any atom is -0.376 e. The number of benzene rings is 1. The van der Waals surface area contributed by atoms with Crippen molar-refractivity contribution in [3.05, 3.63) is 35.7 Å². The summed E-state index contributed by atoms with van der Waals surface area (Å²) in [5, 5.41) is 0. The summed E-state index contributed by atoms with van der Waals surface area (Å²) in [5.41, 5.74) is 4.09. The van der Waals surface area contributed by atoms with Gasteiger partial charge in [-0.05, 0) is 44.7 Å². The number of hydrogen-bond donors (Lipinski definition) is 0. The molecule has 4 rings (SSSR count). The number of nitrogens with zero attached hydrogens (tertiary/aromatic N) is 3. The van der Waals surface area contributed by atoms with Crippen LogP contribution >= 0.6 is 0 Å². The monoisotopic (exact) mass is 341 g/mol. The third-order valence-electron chi connectivity index (χ3n) is 5.29. The van der Waals surface area contributed by atoms with Gasteiger partial charge < -0.3 is 9.47 Å². The lowest BCUT2D eigenvalue weighted by atomic mass is 10.1. The van der Waals surface area contributed by atoms with Crippen molar-refractivity contribution in [2.75, 3.05) is 26.3 Å². The van der Waals surface area contributed by atoms with Gasteiger partial charge in [0, 0.05) is 26.2 Å². The maximum absolute atomic E-state index is 6.07. The van der Waals surface area contributed by atoms with E-state index in [-0.39, 0.29) is 0 Å². The highest BCUT2D eigenvalue weighted by molar-refractivity contribution is 5.74. The fraction of sp³-hybridized carbons (Fsp3) is 0.600. The zero-order valence-corrected chi connectivity index (χ0v) is 15.0. The van der Waals surface area contributed by atoms with Crippen molar-refractivity contribution >= 4 is 11.0 Å². The van der Waals surface area contributed by atoms with Gasteiger partial charge in [0.15, 0.2) is 0 Å². The summed E-state index contributed by atoms with van der Waals surface area (Å²) in [6.45, 7) is 6.72. The van der Waals surface area contributed by atoms with Crippen LogP contribution in [0.2, 0.25) is 0 Å². The van der Waals surface area contributed by atoms with Crippen LogP contribution in [0.3, 0.4) is 0 Å². The van der Waals surface area contributed by atoms with Crippen LogP contribution in [0.5, 0.6) is 0 Å². The number of hydrogen-bond acceptors (Lipinski definition) is 5. The summed E-state index contributed by atoms with van der Waals surface area (Å²) < 4.78 is 11.7. The lowest BCUT2D eigenvalue weighted by molar-refractivity contribution is -0.0427. The summed E-state index contributed by atoms with van der Waals surface area (Å²) in [6, 6.07) is 8.09. The number of para-hydroxylation sites is 2. The van der Waals surface area contributed by atoms with Crippen LogP contribution in [0.25, 0.3) is 11.0 Å². The van der Waals surface area contributed by atoms with E-state index >= 15 is 0 Å². The normalized spacial score (nSPS) is 22.7. The summed E-state index contributed by atoms with van der Waals surface area (Å²) in [6.07, 6.45) is 5.22. The molecule has 5 heteroatoms. The zero-order valence-electron chi connectivity index (χ0n) is 15.0. The average Bonchev–Trinajstić information content (AvgIpc) is 3.15. The second kappa shape index (κ2) is 7.77. The van der Waals surface area contributed by atoms with E-state index < -0.39 is 0 Å². The second-order valence-electron chi connectivity index (χ2n) is 7.19. The third-order valence-corrected chi connectivity index (χ3v) is 5.29. The van der Waals surface area contributed by atoms with Gasteiger partial charge in [0.05, 0.1) is 41.2 Å². The maximum Gasteiger partial charge on any atom is 0.0890 e. The predicted molar refractivity (Wildman–Crippen MR) is 97.5 cm³/mol. The van der Waals surface area contributed by atoms with Crippen molar-refractivity contribution < 1.29 is 9.47 Å². The Hall–Kier alpha value is -1.56. The average molecular weight is 341 g/mol. The van der Waals surface area contributed by atoms with Gasteiger partial charge in [-0.2, -0.15) is 0 Å². The Morgan fingerprint density at radius 2 is 1.88 bits per heavy atom. The SMILES string of the molecule is Cc1nc2ccccc2nc1CN1CCC(OCC2CCCO2)CC1. The highest BCUT2D eigenvalue weighted by Crippen LogP contribution is 2.20. The van der Waals surface area contributed by atoms with Gasteiger partial charge in [-0.15, -0.1) is 0 Å². The molecule has 0 spiro atoms. The summed E-state index contributed by atoms with van der Waals surface area (Å²) in [5.74, 6) is 0. The van der Waals surface area contributed by atoms with E-state index in [0.29, 0.717) is 12.2 Å². The number of aromatic nitrogens is 2. The van der Waals surface area contributed by atoms with Crippen LogP contribution in [-0.4, -0.2) is 53.4 Å². The second-order valence-corrected chi connectivity index (χ2v) is 7.19. The Balaban J connectivity index is 1.30. The Morgan fingerprint density at radius 1 is 1.12 bits per heavy atom. The first-order valence-electron chi connectivity index (χ1n) is 9.46. The molecule has 1 atom stereocenters. The molecule has 2 aliphatic heterocycles. The predicted octanol–water partition coefficient (Wildman–Crippen LogP) is 3.10. The van der Waals surface area contributed by atoms with Gasteiger partial charge in [0.25, 0.3) is 0 Å². The molecule has 1 aromatic carbocycles. The minimum absolute atomic E-state index is 0.327. The van der Waals surface area contributed by atoms with Gasteiger partial charge in [0.1, 0.15) is 0 Å². The van der Waals surface area contributed by atoms with Crippen molar-refractivity contribution in [2.45, 2.75) is 51.4 Å². The molecule has 0 amide bonds. The van der Waals surface area contributed by atoms with Crippen LogP contribution in [-0.2, 0) is 16.0 Å². The van der Waals surface area contributed by atoms with Crippen LogP contribution in [0.15, 0.2) is 24.3 Å². The van der Waals surface area contributed by atoms with E-state index in [0.717, 1.165) is 74.5 Å². The number of piperidine rings is 1. The van der Waals surface area contributed by atoms with E-state index in [1.807, 2.05) is 24.3 Å². The molecule has 2 aromatic rings. The third kappa shape index (κ3) is 4.17. The molecule has 1 unspecified atom stereocenters. The van der Waals surface area contributed by atoms with Gasteiger partial charge in [-0.1, -0.05) is 12.1 Å². The number of fused-ring (bicyclic) bond motifs is 1. The molecule has 3 heterocycles. The molecule has 0 aliphatic carbocycles. The number of aryl methyl sites for hydroxylation is 1.